The van der Waals surface area contributed by atoms with Crippen LogP contribution in [0.1, 0.15) is 44.0 Å². The Bertz CT molecular complexity index is 566. The van der Waals surface area contributed by atoms with E-state index in [0.717, 1.165) is 12.8 Å². The molecule has 1 heterocycles. The number of rotatable bonds is 5. The lowest BCUT2D eigenvalue weighted by Gasteiger charge is -2.35. The van der Waals surface area contributed by atoms with Crippen molar-refractivity contribution in [2.24, 2.45) is 0 Å². The van der Waals surface area contributed by atoms with Crippen molar-refractivity contribution in [3.63, 3.8) is 0 Å². The smallest absolute Gasteiger partial charge is 0.340 e. The quantitative estimate of drug-likeness (QED) is 0.663. The van der Waals surface area contributed by atoms with Crippen LogP contribution in [-0.2, 0) is 9.47 Å². The minimum Gasteiger partial charge on any atom is -0.462 e. The highest BCUT2D eigenvalue weighted by Gasteiger charge is 2.26. The predicted molar refractivity (Wildman–Crippen MR) is 92.2 cm³/mol. The maximum Gasteiger partial charge on any atom is 0.340 e. The zero-order chi connectivity index (χ0) is 17.5. The lowest BCUT2D eigenvalue weighted by Crippen LogP contribution is -2.49. The Morgan fingerprint density at radius 3 is 2.58 bits per heavy atom. The maximum absolute atomic E-state index is 12.5. The highest BCUT2D eigenvalue weighted by Crippen LogP contribution is 2.18. The first-order valence-electron chi connectivity index (χ1n) is 8.48. The molecular weight excluding hydrogens is 308 g/mol. The van der Waals surface area contributed by atoms with Crippen LogP contribution in [0.3, 0.4) is 0 Å². The standard InChI is InChI=1S/C18H26N2O4/c1-4-5-10-23-17(21)15-8-6-7-9-16(15)19-18(22)20-11-13(2)24-14(3)12-20/h6-9,13-14H,4-5,10-12H2,1-3H3,(H,19,22). The van der Waals surface area contributed by atoms with Crippen molar-refractivity contribution in [2.45, 2.75) is 45.8 Å². The monoisotopic (exact) mass is 334 g/mol. The number of nitrogens with one attached hydrogen (secondary N) is 1. The first kappa shape index (κ1) is 18.3. The minimum atomic E-state index is -0.414. The number of morpholine rings is 1. The summed E-state index contributed by atoms with van der Waals surface area (Å²) in [6, 6.07) is 6.68. The molecule has 1 aromatic carbocycles. The molecule has 1 aliphatic heterocycles. The number of esters is 1. The molecule has 1 fully saturated rings. The van der Waals surface area contributed by atoms with Crippen LogP contribution in [0.15, 0.2) is 24.3 Å². The van der Waals surface area contributed by atoms with Crippen LogP contribution in [0, 0.1) is 0 Å². The molecule has 2 rings (SSSR count). The molecule has 6 nitrogen and oxygen atoms in total. The number of hydrogen-bond donors (Lipinski definition) is 1. The third-order valence-corrected chi connectivity index (χ3v) is 3.83. The number of urea groups is 1. The fourth-order valence-corrected chi connectivity index (χ4v) is 2.70. The van der Waals surface area contributed by atoms with Gasteiger partial charge >= 0.3 is 12.0 Å². The Labute approximate surface area is 143 Å². The molecule has 2 amide bonds. The normalized spacial score (nSPS) is 20.5. The summed E-state index contributed by atoms with van der Waals surface area (Å²) < 4.78 is 10.9. The number of amides is 2. The van der Waals surface area contributed by atoms with Gasteiger partial charge in [-0.15, -0.1) is 0 Å². The van der Waals surface area contributed by atoms with Crippen molar-refractivity contribution in [2.75, 3.05) is 25.0 Å². The van der Waals surface area contributed by atoms with Crippen LogP contribution in [0.5, 0.6) is 0 Å². The van der Waals surface area contributed by atoms with E-state index >= 15 is 0 Å². The zero-order valence-corrected chi connectivity index (χ0v) is 14.6. The lowest BCUT2D eigenvalue weighted by atomic mass is 10.2. The molecule has 0 radical (unpaired) electrons. The van der Waals surface area contributed by atoms with Crippen molar-refractivity contribution >= 4 is 17.7 Å². The van der Waals surface area contributed by atoms with Gasteiger partial charge in [-0.05, 0) is 32.4 Å². The molecule has 132 valence electrons. The number of ether oxygens (including phenoxy) is 2. The Morgan fingerprint density at radius 1 is 1.25 bits per heavy atom. The number of benzene rings is 1. The molecular formula is C18H26N2O4. The highest BCUT2D eigenvalue weighted by molar-refractivity contribution is 6.00. The van der Waals surface area contributed by atoms with Gasteiger partial charge in [0.05, 0.1) is 30.1 Å². The van der Waals surface area contributed by atoms with Gasteiger partial charge in [0.15, 0.2) is 0 Å². The van der Waals surface area contributed by atoms with Gasteiger partial charge < -0.3 is 19.7 Å². The third-order valence-electron chi connectivity index (χ3n) is 3.83. The molecule has 0 spiro atoms. The van der Waals surface area contributed by atoms with E-state index in [1.54, 1.807) is 29.2 Å². The Kier molecular flexibility index (Phi) is 6.61. The second-order valence-corrected chi connectivity index (χ2v) is 6.13. The lowest BCUT2D eigenvalue weighted by molar-refractivity contribution is -0.0530. The molecule has 2 atom stereocenters. The summed E-state index contributed by atoms with van der Waals surface area (Å²) in [4.78, 5) is 26.4. The molecule has 1 saturated heterocycles. The van der Waals surface area contributed by atoms with Crippen LogP contribution in [-0.4, -0.2) is 48.8 Å². The fourth-order valence-electron chi connectivity index (χ4n) is 2.70. The maximum atomic E-state index is 12.5. The van der Waals surface area contributed by atoms with Crippen molar-refractivity contribution in [3.8, 4) is 0 Å². The Balaban J connectivity index is 2.04. The summed E-state index contributed by atoms with van der Waals surface area (Å²) in [5, 5.41) is 2.82. The molecule has 1 aromatic rings. The number of hydrogen-bond acceptors (Lipinski definition) is 4. The van der Waals surface area contributed by atoms with Gasteiger partial charge in [-0.3, -0.25) is 0 Å². The number of carbonyl (C=O) groups excluding carboxylic acids is 2. The second kappa shape index (κ2) is 8.68. The SMILES string of the molecule is CCCCOC(=O)c1ccccc1NC(=O)N1CC(C)OC(C)C1. The van der Waals surface area contributed by atoms with Gasteiger partial charge in [0, 0.05) is 13.1 Å². The van der Waals surface area contributed by atoms with Gasteiger partial charge in [0.1, 0.15) is 0 Å². The first-order valence-corrected chi connectivity index (χ1v) is 8.48. The zero-order valence-electron chi connectivity index (χ0n) is 14.6. The largest absolute Gasteiger partial charge is 0.462 e. The van der Waals surface area contributed by atoms with Gasteiger partial charge in [-0.25, -0.2) is 9.59 Å². The van der Waals surface area contributed by atoms with E-state index < -0.39 is 5.97 Å². The van der Waals surface area contributed by atoms with Gasteiger partial charge in [-0.2, -0.15) is 0 Å². The van der Waals surface area contributed by atoms with E-state index in [1.165, 1.54) is 0 Å². The predicted octanol–water partition coefficient (Wildman–Crippen LogP) is 3.28. The molecule has 0 saturated carbocycles. The fraction of sp³-hybridized carbons (Fsp3) is 0.556. The van der Waals surface area contributed by atoms with Gasteiger partial charge in [-0.1, -0.05) is 25.5 Å². The number of unbranched alkanes of at least 4 members (excludes halogenated alkanes) is 1. The molecule has 0 aliphatic carbocycles. The molecule has 2 unspecified atom stereocenters. The topological polar surface area (TPSA) is 67.9 Å². The van der Waals surface area contributed by atoms with Crippen molar-refractivity contribution in [1.29, 1.82) is 0 Å². The van der Waals surface area contributed by atoms with E-state index in [9.17, 15) is 9.59 Å². The van der Waals surface area contributed by atoms with Crippen LogP contribution < -0.4 is 5.32 Å². The van der Waals surface area contributed by atoms with Crippen LogP contribution in [0.25, 0.3) is 0 Å². The van der Waals surface area contributed by atoms with Crippen molar-refractivity contribution < 1.29 is 19.1 Å². The van der Waals surface area contributed by atoms with Gasteiger partial charge in [0.2, 0.25) is 0 Å². The highest BCUT2D eigenvalue weighted by atomic mass is 16.5. The van der Waals surface area contributed by atoms with E-state index in [2.05, 4.69) is 5.32 Å². The number of carbonyl (C=O) groups is 2. The summed E-state index contributed by atoms with van der Waals surface area (Å²) in [5.41, 5.74) is 0.840. The van der Waals surface area contributed by atoms with Crippen molar-refractivity contribution in [1.82, 2.24) is 4.90 Å². The third kappa shape index (κ3) is 4.96. The molecule has 0 aromatic heterocycles. The summed E-state index contributed by atoms with van der Waals surface area (Å²) in [6.07, 6.45) is 1.77. The van der Waals surface area contributed by atoms with Crippen LogP contribution in [0.2, 0.25) is 0 Å². The first-order chi connectivity index (χ1) is 11.5. The molecule has 24 heavy (non-hydrogen) atoms. The second-order valence-electron chi connectivity index (χ2n) is 6.13. The molecule has 1 N–H and O–H groups in total. The molecule has 6 heteroatoms. The van der Waals surface area contributed by atoms with Crippen LogP contribution >= 0.6 is 0 Å². The number of para-hydroxylation sites is 1. The van der Waals surface area contributed by atoms with E-state index in [4.69, 9.17) is 9.47 Å². The van der Waals surface area contributed by atoms with Crippen LogP contribution in [0.4, 0.5) is 10.5 Å². The summed E-state index contributed by atoms with van der Waals surface area (Å²) in [6.45, 7) is 7.35. The van der Waals surface area contributed by atoms with E-state index in [1.807, 2.05) is 20.8 Å². The number of nitrogens with zero attached hydrogens (tertiary/aromatic N) is 1. The Morgan fingerprint density at radius 2 is 1.92 bits per heavy atom. The van der Waals surface area contributed by atoms with Gasteiger partial charge in [0.25, 0.3) is 0 Å². The minimum absolute atomic E-state index is 0.00578. The average molecular weight is 334 g/mol. The summed E-state index contributed by atoms with van der Waals surface area (Å²) >= 11 is 0. The average Bonchev–Trinajstić information content (AvgIpc) is 2.54. The Hall–Kier alpha value is -2.08. The molecule has 1 aliphatic rings. The van der Waals surface area contributed by atoms with Crippen molar-refractivity contribution in [3.05, 3.63) is 29.8 Å². The summed E-state index contributed by atoms with van der Waals surface area (Å²) in [7, 11) is 0. The van der Waals surface area contributed by atoms with E-state index in [-0.39, 0.29) is 18.2 Å². The van der Waals surface area contributed by atoms with E-state index in [0.29, 0.717) is 30.9 Å². The summed E-state index contributed by atoms with van der Waals surface area (Å²) in [5.74, 6) is -0.414. The number of anilines is 1. The molecule has 0 bridgehead atoms.